The van der Waals surface area contributed by atoms with E-state index >= 15 is 0 Å². The fourth-order valence-corrected chi connectivity index (χ4v) is 2.92. The van der Waals surface area contributed by atoms with Gasteiger partial charge in [0.05, 0.1) is 0 Å². The fourth-order valence-electron chi connectivity index (χ4n) is 2.92. The highest BCUT2D eigenvalue weighted by Crippen LogP contribution is 2.20. The van der Waals surface area contributed by atoms with Gasteiger partial charge in [-0.25, -0.2) is 0 Å². The summed E-state index contributed by atoms with van der Waals surface area (Å²) in [5.41, 5.74) is 7.11. The molecule has 0 saturated carbocycles. The van der Waals surface area contributed by atoms with Crippen molar-refractivity contribution in [3.8, 4) is 5.75 Å². The minimum absolute atomic E-state index is 0.168. The van der Waals surface area contributed by atoms with Crippen LogP contribution in [0, 0.1) is 0 Å². The molecule has 0 amide bonds. The van der Waals surface area contributed by atoms with Crippen LogP contribution in [0.25, 0.3) is 0 Å². The molecule has 2 unspecified atom stereocenters. The molecule has 3 nitrogen and oxygen atoms in total. The zero-order valence-corrected chi connectivity index (χ0v) is 12.8. The van der Waals surface area contributed by atoms with E-state index < -0.39 is 0 Å². The van der Waals surface area contributed by atoms with Gasteiger partial charge in [0.1, 0.15) is 12.4 Å². The van der Waals surface area contributed by atoms with Crippen molar-refractivity contribution < 1.29 is 4.74 Å². The summed E-state index contributed by atoms with van der Waals surface area (Å²) in [7, 11) is 0. The summed E-state index contributed by atoms with van der Waals surface area (Å²) in [6, 6.07) is 9.12. The second-order valence-corrected chi connectivity index (χ2v) is 6.02. The third kappa shape index (κ3) is 4.50. The van der Waals surface area contributed by atoms with E-state index in [1.807, 2.05) is 13.0 Å². The first kappa shape index (κ1) is 15.3. The van der Waals surface area contributed by atoms with Gasteiger partial charge in [0, 0.05) is 18.6 Å². The molecule has 1 saturated heterocycles. The summed E-state index contributed by atoms with van der Waals surface area (Å²) in [5.74, 6) is 0.995. The monoisotopic (exact) mass is 276 g/mol. The van der Waals surface area contributed by atoms with Gasteiger partial charge in [-0.3, -0.25) is 4.90 Å². The Morgan fingerprint density at radius 3 is 2.90 bits per heavy atom. The van der Waals surface area contributed by atoms with Crippen LogP contribution in [-0.2, 0) is 6.42 Å². The molecule has 1 aliphatic heterocycles. The first-order valence-corrected chi connectivity index (χ1v) is 7.87. The Morgan fingerprint density at radius 1 is 1.35 bits per heavy atom. The Balaban J connectivity index is 1.84. The highest BCUT2D eigenvalue weighted by Gasteiger charge is 2.17. The lowest BCUT2D eigenvalue weighted by molar-refractivity contribution is 0.133. The summed E-state index contributed by atoms with van der Waals surface area (Å²) in [5, 5.41) is 0. The van der Waals surface area contributed by atoms with Crippen LogP contribution in [-0.4, -0.2) is 36.7 Å². The maximum Gasteiger partial charge on any atom is 0.122 e. The van der Waals surface area contributed by atoms with Gasteiger partial charge in [0.25, 0.3) is 0 Å². The lowest BCUT2D eigenvalue weighted by atomic mass is 10.0. The number of nitrogens with two attached hydrogens (primary N) is 1. The Labute approximate surface area is 123 Å². The van der Waals surface area contributed by atoms with Crippen LogP contribution < -0.4 is 10.5 Å². The van der Waals surface area contributed by atoms with Gasteiger partial charge < -0.3 is 10.5 Å². The zero-order valence-electron chi connectivity index (χ0n) is 12.8. The maximum absolute atomic E-state index is 5.99. The van der Waals surface area contributed by atoms with E-state index in [-0.39, 0.29) is 6.04 Å². The third-order valence-electron chi connectivity index (χ3n) is 4.09. The average molecular weight is 276 g/mol. The Bertz CT molecular complexity index is 406. The molecular formula is C17H28N2O. The third-order valence-corrected chi connectivity index (χ3v) is 4.09. The molecule has 0 radical (unpaired) electrons. The van der Waals surface area contributed by atoms with Crippen LogP contribution in [0.4, 0.5) is 0 Å². The topological polar surface area (TPSA) is 38.5 Å². The Kier molecular flexibility index (Phi) is 5.86. The molecule has 2 rings (SSSR count). The number of hydrogen-bond donors (Lipinski definition) is 1. The lowest BCUT2D eigenvalue weighted by Crippen LogP contribution is -2.39. The first-order valence-electron chi connectivity index (χ1n) is 7.87. The molecule has 3 heteroatoms. The van der Waals surface area contributed by atoms with Crippen molar-refractivity contribution in [1.29, 1.82) is 0 Å². The minimum atomic E-state index is 0.168. The van der Waals surface area contributed by atoms with Crippen molar-refractivity contribution in [2.45, 2.75) is 51.6 Å². The largest absolute Gasteiger partial charge is 0.492 e. The normalized spacial score (nSPS) is 21.6. The highest BCUT2D eigenvalue weighted by molar-refractivity contribution is 5.33. The van der Waals surface area contributed by atoms with Gasteiger partial charge in [0.15, 0.2) is 0 Å². The molecule has 1 fully saturated rings. The van der Waals surface area contributed by atoms with Crippen molar-refractivity contribution in [2.24, 2.45) is 5.73 Å². The molecule has 0 bridgehead atoms. The number of para-hydroxylation sites is 1. The average Bonchev–Trinajstić information content (AvgIpc) is 2.42. The molecule has 1 aromatic carbocycles. The second-order valence-electron chi connectivity index (χ2n) is 6.02. The molecule has 1 heterocycles. The van der Waals surface area contributed by atoms with Crippen LogP contribution in [0.2, 0.25) is 0 Å². The number of benzene rings is 1. The number of ether oxygens (including phenoxy) is 1. The molecule has 2 N–H and O–H groups in total. The van der Waals surface area contributed by atoms with Crippen molar-refractivity contribution in [3.63, 3.8) is 0 Å². The fraction of sp³-hybridized carbons (Fsp3) is 0.647. The minimum Gasteiger partial charge on any atom is -0.492 e. The second kappa shape index (κ2) is 7.65. The van der Waals surface area contributed by atoms with Crippen LogP contribution in [0.5, 0.6) is 5.75 Å². The van der Waals surface area contributed by atoms with Crippen molar-refractivity contribution >= 4 is 0 Å². The molecule has 1 aliphatic rings. The van der Waals surface area contributed by atoms with E-state index in [2.05, 4.69) is 30.0 Å². The molecule has 20 heavy (non-hydrogen) atoms. The number of hydrogen-bond acceptors (Lipinski definition) is 3. The van der Waals surface area contributed by atoms with Gasteiger partial charge in [-0.2, -0.15) is 0 Å². The molecule has 112 valence electrons. The van der Waals surface area contributed by atoms with E-state index in [1.165, 1.54) is 31.4 Å². The lowest BCUT2D eigenvalue weighted by Gasteiger charge is -2.33. The van der Waals surface area contributed by atoms with E-state index in [4.69, 9.17) is 10.5 Å². The van der Waals surface area contributed by atoms with E-state index in [1.54, 1.807) is 0 Å². The van der Waals surface area contributed by atoms with Crippen molar-refractivity contribution in [3.05, 3.63) is 29.8 Å². The van der Waals surface area contributed by atoms with Crippen LogP contribution >= 0.6 is 0 Å². The smallest absolute Gasteiger partial charge is 0.122 e. The predicted molar refractivity (Wildman–Crippen MR) is 84.2 cm³/mol. The number of rotatable bonds is 6. The van der Waals surface area contributed by atoms with E-state index in [0.717, 1.165) is 25.3 Å². The molecule has 0 spiro atoms. The van der Waals surface area contributed by atoms with Crippen molar-refractivity contribution in [2.75, 3.05) is 19.7 Å². The first-order chi connectivity index (χ1) is 9.66. The zero-order chi connectivity index (χ0) is 14.4. The Hall–Kier alpha value is -1.06. The molecule has 1 aromatic rings. The van der Waals surface area contributed by atoms with Gasteiger partial charge in [0.2, 0.25) is 0 Å². The van der Waals surface area contributed by atoms with Crippen molar-refractivity contribution in [1.82, 2.24) is 4.90 Å². The van der Waals surface area contributed by atoms with Gasteiger partial charge in [-0.1, -0.05) is 24.6 Å². The Morgan fingerprint density at radius 2 is 2.15 bits per heavy atom. The number of likely N-dealkylation sites (tertiary alicyclic amines) is 1. The molecule has 2 atom stereocenters. The van der Waals surface area contributed by atoms with Gasteiger partial charge in [-0.05, 0) is 51.3 Å². The van der Waals surface area contributed by atoms with E-state index in [9.17, 15) is 0 Å². The number of nitrogens with zero attached hydrogens (tertiary/aromatic N) is 1. The van der Waals surface area contributed by atoms with Crippen LogP contribution in [0.3, 0.4) is 0 Å². The molecule has 0 aromatic heterocycles. The van der Waals surface area contributed by atoms with Gasteiger partial charge >= 0.3 is 0 Å². The standard InChI is InChI=1S/C17H28N2O/c1-14(18)13-16-8-3-4-9-17(16)20-12-11-19-10-6-5-7-15(19)2/h3-4,8-9,14-15H,5-7,10-13,18H2,1-2H3. The van der Waals surface area contributed by atoms with E-state index in [0.29, 0.717) is 6.04 Å². The summed E-state index contributed by atoms with van der Waals surface area (Å²) in [4.78, 5) is 2.54. The molecular weight excluding hydrogens is 248 g/mol. The summed E-state index contributed by atoms with van der Waals surface area (Å²) in [6.07, 6.45) is 4.89. The maximum atomic E-state index is 5.99. The quantitative estimate of drug-likeness (QED) is 0.868. The summed E-state index contributed by atoms with van der Waals surface area (Å²) < 4.78 is 5.99. The highest BCUT2D eigenvalue weighted by atomic mass is 16.5. The van der Waals surface area contributed by atoms with Gasteiger partial charge in [-0.15, -0.1) is 0 Å². The van der Waals surface area contributed by atoms with Crippen LogP contribution in [0.15, 0.2) is 24.3 Å². The molecule has 0 aliphatic carbocycles. The SMILES string of the molecule is CC(N)Cc1ccccc1OCCN1CCCCC1C. The van der Waals surface area contributed by atoms with Crippen LogP contribution in [0.1, 0.15) is 38.7 Å². The summed E-state index contributed by atoms with van der Waals surface area (Å²) >= 11 is 0. The number of piperidine rings is 1. The predicted octanol–water partition coefficient (Wildman–Crippen LogP) is 2.83. The summed E-state index contributed by atoms with van der Waals surface area (Å²) in [6.45, 7) is 7.36.